The van der Waals surface area contributed by atoms with Crippen LogP contribution in [-0.4, -0.2) is 16.1 Å². The van der Waals surface area contributed by atoms with Crippen molar-refractivity contribution in [1.29, 1.82) is 0 Å². The van der Waals surface area contributed by atoms with Gasteiger partial charge in [-0.25, -0.2) is 9.78 Å². The molecule has 0 spiro atoms. The molecule has 0 fully saturated rings. The normalized spacial score (nSPS) is 10.2. The summed E-state index contributed by atoms with van der Waals surface area (Å²) in [5.41, 5.74) is 0.821. The Kier molecular flexibility index (Phi) is 4.39. The maximum Gasteiger partial charge on any atom is 0.354 e. The van der Waals surface area contributed by atoms with Crippen molar-refractivity contribution in [2.75, 3.05) is 0 Å². The van der Waals surface area contributed by atoms with E-state index in [1.165, 1.54) is 12.3 Å². The number of nitrogens with zero attached hydrogens (tertiary/aromatic N) is 1. The first-order valence-electron chi connectivity index (χ1n) is 5.32. The van der Waals surface area contributed by atoms with Crippen molar-refractivity contribution in [3.63, 3.8) is 0 Å². The molecule has 6 heteroatoms. The maximum atomic E-state index is 10.6. The summed E-state index contributed by atoms with van der Waals surface area (Å²) < 4.78 is 6.39. The van der Waals surface area contributed by atoms with Gasteiger partial charge in [0.25, 0.3) is 0 Å². The van der Waals surface area contributed by atoms with E-state index < -0.39 is 5.97 Å². The molecule has 1 aromatic carbocycles. The highest BCUT2D eigenvalue weighted by Gasteiger charge is 2.05. The Morgan fingerprint density at radius 1 is 1.37 bits per heavy atom. The first-order valence-corrected chi connectivity index (χ1v) is 6.49. The third kappa shape index (κ3) is 3.68. The summed E-state index contributed by atoms with van der Waals surface area (Å²) >= 11 is 9.38. The molecule has 19 heavy (non-hydrogen) atoms. The molecule has 0 amide bonds. The molecule has 0 unspecified atom stereocenters. The number of hydrogen-bond acceptors (Lipinski definition) is 3. The molecule has 0 bridgehead atoms. The van der Waals surface area contributed by atoms with Crippen LogP contribution in [0.3, 0.4) is 0 Å². The molecule has 0 saturated heterocycles. The SMILES string of the molecule is O=C(O)c1ccc(OCc2ccc(Br)cc2Cl)cn1. The van der Waals surface area contributed by atoms with Crippen LogP contribution in [0.15, 0.2) is 41.0 Å². The number of halogens is 2. The van der Waals surface area contributed by atoms with E-state index in [4.69, 9.17) is 21.4 Å². The molecule has 2 aromatic rings. The van der Waals surface area contributed by atoms with Gasteiger partial charge in [-0.05, 0) is 24.3 Å². The molecule has 0 atom stereocenters. The largest absolute Gasteiger partial charge is 0.487 e. The van der Waals surface area contributed by atoms with Gasteiger partial charge in [-0.1, -0.05) is 33.6 Å². The molecule has 0 radical (unpaired) electrons. The number of hydrogen-bond donors (Lipinski definition) is 1. The van der Waals surface area contributed by atoms with Gasteiger partial charge < -0.3 is 9.84 Å². The number of carboxylic acid groups (broad SMARTS) is 1. The van der Waals surface area contributed by atoms with E-state index in [1.807, 2.05) is 12.1 Å². The van der Waals surface area contributed by atoms with E-state index in [0.717, 1.165) is 10.0 Å². The molecule has 1 N–H and O–H groups in total. The second-order valence-corrected chi connectivity index (χ2v) is 5.03. The van der Waals surface area contributed by atoms with Crippen molar-refractivity contribution in [2.45, 2.75) is 6.61 Å². The molecule has 2 rings (SSSR count). The maximum absolute atomic E-state index is 10.6. The first-order chi connectivity index (χ1) is 9.06. The molecule has 0 aliphatic heterocycles. The third-order valence-electron chi connectivity index (χ3n) is 2.36. The van der Waals surface area contributed by atoms with Crippen molar-refractivity contribution < 1.29 is 14.6 Å². The quantitative estimate of drug-likeness (QED) is 0.918. The van der Waals surface area contributed by atoms with Gasteiger partial charge in [0.05, 0.1) is 6.20 Å². The van der Waals surface area contributed by atoms with Gasteiger partial charge in [-0.2, -0.15) is 0 Å². The third-order valence-corrected chi connectivity index (χ3v) is 3.21. The Labute approximate surface area is 123 Å². The minimum absolute atomic E-state index is 0.0194. The van der Waals surface area contributed by atoms with Crippen LogP contribution in [-0.2, 0) is 6.61 Å². The Morgan fingerprint density at radius 2 is 2.16 bits per heavy atom. The number of carbonyl (C=O) groups is 1. The van der Waals surface area contributed by atoms with Crippen LogP contribution in [0.1, 0.15) is 16.1 Å². The second-order valence-electron chi connectivity index (χ2n) is 3.71. The van der Waals surface area contributed by atoms with Gasteiger partial charge in [-0.3, -0.25) is 0 Å². The summed E-state index contributed by atoms with van der Waals surface area (Å²) in [4.78, 5) is 14.4. The molecular formula is C13H9BrClNO3. The molecule has 98 valence electrons. The zero-order valence-electron chi connectivity index (χ0n) is 9.64. The average Bonchev–Trinajstić information content (AvgIpc) is 2.38. The van der Waals surface area contributed by atoms with Crippen LogP contribution < -0.4 is 4.74 Å². The summed E-state index contributed by atoms with van der Waals surface area (Å²) in [5, 5.41) is 9.32. The highest BCUT2D eigenvalue weighted by molar-refractivity contribution is 9.10. The number of ether oxygens (including phenoxy) is 1. The van der Waals surface area contributed by atoms with E-state index in [1.54, 1.807) is 12.1 Å². The van der Waals surface area contributed by atoms with Crippen molar-refractivity contribution in [2.24, 2.45) is 0 Å². The summed E-state index contributed by atoms with van der Waals surface area (Å²) in [6, 6.07) is 8.46. The fourth-order valence-electron chi connectivity index (χ4n) is 1.39. The average molecular weight is 343 g/mol. The zero-order chi connectivity index (χ0) is 13.8. The monoisotopic (exact) mass is 341 g/mol. The molecule has 0 aliphatic carbocycles. The minimum Gasteiger partial charge on any atom is -0.487 e. The van der Waals surface area contributed by atoms with Crippen LogP contribution >= 0.6 is 27.5 Å². The molecule has 1 heterocycles. The number of pyridine rings is 1. The van der Waals surface area contributed by atoms with E-state index in [2.05, 4.69) is 20.9 Å². The van der Waals surface area contributed by atoms with Crippen LogP contribution in [0.4, 0.5) is 0 Å². The number of rotatable bonds is 4. The topological polar surface area (TPSA) is 59.4 Å². The summed E-state index contributed by atoms with van der Waals surface area (Å²) in [6.45, 7) is 0.292. The molecular weight excluding hydrogens is 334 g/mol. The predicted molar refractivity (Wildman–Crippen MR) is 74.7 cm³/mol. The number of aromatic carboxylic acids is 1. The summed E-state index contributed by atoms with van der Waals surface area (Å²) in [6.07, 6.45) is 1.37. The molecule has 0 saturated carbocycles. The first kappa shape index (κ1) is 13.8. The van der Waals surface area contributed by atoms with E-state index in [0.29, 0.717) is 17.4 Å². The fraction of sp³-hybridized carbons (Fsp3) is 0.0769. The van der Waals surface area contributed by atoms with Gasteiger partial charge in [0.1, 0.15) is 18.1 Å². The van der Waals surface area contributed by atoms with E-state index in [-0.39, 0.29) is 5.69 Å². The Morgan fingerprint density at radius 3 is 2.74 bits per heavy atom. The Bertz CT molecular complexity index is 601. The van der Waals surface area contributed by atoms with Crippen molar-refractivity contribution in [3.8, 4) is 5.75 Å². The highest BCUT2D eigenvalue weighted by Crippen LogP contribution is 2.22. The van der Waals surface area contributed by atoms with E-state index in [9.17, 15) is 4.79 Å². The van der Waals surface area contributed by atoms with Crippen LogP contribution in [0.5, 0.6) is 5.75 Å². The van der Waals surface area contributed by atoms with Crippen molar-refractivity contribution in [1.82, 2.24) is 4.98 Å². The number of aromatic nitrogens is 1. The Balaban J connectivity index is 2.04. The lowest BCUT2D eigenvalue weighted by molar-refractivity contribution is 0.0690. The smallest absolute Gasteiger partial charge is 0.354 e. The summed E-state index contributed by atoms with van der Waals surface area (Å²) in [5.74, 6) is -0.577. The standard InChI is InChI=1S/C13H9BrClNO3/c14-9-2-1-8(11(15)5-9)7-19-10-3-4-12(13(17)18)16-6-10/h1-6H,7H2,(H,17,18). The van der Waals surface area contributed by atoms with Gasteiger partial charge in [-0.15, -0.1) is 0 Å². The molecule has 4 nitrogen and oxygen atoms in total. The zero-order valence-corrected chi connectivity index (χ0v) is 12.0. The molecule has 1 aromatic heterocycles. The predicted octanol–water partition coefficient (Wildman–Crippen LogP) is 3.77. The van der Waals surface area contributed by atoms with E-state index >= 15 is 0 Å². The lowest BCUT2D eigenvalue weighted by atomic mass is 10.2. The fourth-order valence-corrected chi connectivity index (χ4v) is 2.12. The van der Waals surface area contributed by atoms with Gasteiger partial charge in [0.15, 0.2) is 0 Å². The van der Waals surface area contributed by atoms with Gasteiger partial charge in [0.2, 0.25) is 0 Å². The van der Waals surface area contributed by atoms with Crippen LogP contribution in [0.25, 0.3) is 0 Å². The Hall–Kier alpha value is -1.59. The van der Waals surface area contributed by atoms with Gasteiger partial charge >= 0.3 is 5.97 Å². The number of carboxylic acids is 1. The summed E-state index contributed by atoms with van der Waals surface area (Å²) in [7, 11) is 0. The number of benzene rings is 1. The van der Waals surface area contributed by atoms with Crippen LogP contribution in [0, 0.1) is 0 Å². The lowest BCUT2D eigenvalue weighted by Crippen LogP contribution is -2.01. The lowest BCUT2D eigenvalue weighted by Gasteiger charge is -2.08. The second kappa shape index (κ2) is 6.04. The minimum atomic E-state index is -1.07. The van der Waals surface area contributed by atoms with Crippen molar-refractivity contribution >= 4 is 33.5 Å². The van der Waals surface area contributed by atoms with Crippen LogP contribution in [0.2, 0.25) is 5.02 Å². The van der Waals surface area contributed by atoms with Crippen molar-refractivity contribution in [3.05, 3.63) is 57.3 Å². The van der Waals surface area contributed by atoms with Gasteiger partial charge in [0, 0.05) is 15.1 Å². The highest BCUT2D eigenvalue weighted by atomic mass is 79.9. The molecule has 0 aliphatic rings.